The molecule has 0 bridgehead atoms. The van der Waals surface area contributed by atoms with E-state index in [9.17, 15) is 5.11 Å². The maximum atomic E-state index is 10.0. The number of halogens is 2. The zero-order valence-corrected chi connectivity index (χ0v) is 11.2. The predicted octanol–water partition coefficient (Wildman–Crippen LogP) is 3.04. The molecule has 0 amide bonds. The van der Waals surface area contributed by atoms with E-state index in [2.05, 4.69) is 15.9 Å². The lowest BCUT2D eigenvalue weighted by Crippen LogP contribution is -2.23. The van der Waals surface area contributed by atoms with Gasteiger partial charge in [0.1, 0.15) is 0 Å². The highest BCUT2D eigenvalue weighted by Crippen LogP contribution is 2.25. The Bertz CT molecular complexity index is 364. The highest BCUT2D eigenvalue weighted by molar-refractivity contribution is 9.10. The molecular formula is C12H14BrClO2. The quantitative estimate of drug-likeness (QED) is 0.930. The van der Waals surface area contributed by atoms with Crippen molar-refractivity contribution in [2.75, 3.05) is 13.2 Å². The van der Waals surface area contributed by atoms with Gasteiger partial charge in [-0.1, -0.05) is 33.6 Å². The zero-order valence-electron chi connectivity index (χ0n) is 8.83. The first-order valence-electron chi connectivity index (χ1n) is 5.36. The summed E-state index contributed by atoms with van der Waals surface area (Å²) in [6.45, 7) is 1.42. The van der Waals surface area contributed by atoms with Crippen LogP contribution in [0, 0.1) is 5.92 Å². The maximum absolute atomic E-state index is 10.0. The van der Waals surface area contributed by atoms with Crippen LogP contribution in [0.4, 0.5) is 0 Å². The average molecular weight is 306 g/mol. The average Bonchev–Trinajstić information content (AvgIpc) is 2.75. The molecule has 88 valence electrons. The molecular weight excluding hydrogens is 291 g/mol. The van der Waals surface area contributed by atoms with E-state index in [1.807, 2.05) is 18.2 Å². The number of hydrogen-bond acceptors (Lipinski definition) is 2. The first-order valence-corrected chi connectivity index (χ1v) is 6.53. The Morgan fingerprint density at radius 2 is 2.38 bits per heavy atom. The van der Waals surface area contributed by atoms with E-state index >= 15 is 0 Å². The monoisotopic (exact) mass is 304 g/mol. The van der Waals surface area contributed by atoms with Gasteiger partial charge in [-0.2, -0.15) is 0 Å². The lowest BCUT2D eigenvalue weighted by Gasteiger charge is -2.17. The summed E-state index contributed by atoms with van der Waals surface area (Å²) in [4.78, 5) is 0. The van der Waals surface area contributed by atoms with Crippen molar-refractivity contribution in [1.82, 2.24) is 0 Å². The third-order valence-electron chi connectivity index (χ3n) is 2.95. The van der Waals surface area contributed by atoms with Gasteiger partial charge in [0.25, 0.3) is 0 Å². The number of ether oxygens (including phenoxy) is 1. The summed E-state index contributed by atoms with van der Waals surface area (Å²) in [5.41, 5.74) is 0.990. The van der Waals surface area contributed by atoms with E-state index < -0.39 is 0 Å². The molecule has 0 spiro atoms. The van der Waals surface area contributed by atoms with Crippen LogP contribution in [0.2, 0.25) is 5.02 Å². The zero-order chi connectivity index (χ0) is 11.5. The molecule has 1 aliphatic heterocycles. The van der Waals surface area contributed by atoms with Crippen LogP contribution in [-0.2, 0) is 11.2 Å². The molecule has 4 heteroatoms. The first-order chi connectivity index (χ1) is 7.66. The van der Waals surface area contributed by atoms with E-state index in [0.717, 1.165) is 23.1 Å². The van der Waals surface area contributed by atoms with Crippen LogP contribution in [0.25, 0.3) is 0 Å². The summed E-state index contributed by atoms with van der Waals surface area (Å²) in [5.74, 6) is 0.250. The molecule has 1 aliphatic rings. The summed E-state index contributed by atoms with van der Waals surface area (Å²) >= 11 is 9.47. The van der Waals surface area contributed by atoms with Gasteiger partial charge < -0.3 is 9.84 Å². The number of rotatable bonds is 3. The fourth-order valence-electron chi connectivity index (χ4n) is 1.94. The molecule has 1 saturated heterocycles. The van der Waals surface area contributed by atoms with Gasteiger partial charge in [-0.25, -0.2) is 0 Å². The summed E-state index contributed by atoms with van der Waals surface area (Å²) in [7, 11) is 0. The first kappa shape index (κ1) is 12.4. The van der Waals surface area contributed by atoms with Gasteiger partial charge >= 0.3 is 0 Å². The van der Waals surface area contributed by atoms with E-state index in [1.165, 1.54) is 0 Å². The van der Waals surface area contributed by atoms with Crippen LogP contribution in [-0.4, -0.2) is 24.4 Å². The number of aliphatic hydroxyl groups is 1. The van der Waals surface area contributed by atoms with Crippen molar-refractivity contribution in [3.05, 3.63) is 33.3 Å². The Labute approximate surface area is 109 Å². The largest absolute Gasteiger partial charge is 0.392 e. The van der Waals surface area contributed by atoms with Crippen molar-refractivity contribution >= 4 is 27.5 Å². The Balaban J connectivity index is 2.02. The van der Waals surface area contributed by atoms with E-state index in [1.54, 1.807) is 0 Å². The second kappa shape index (κ2) is 5.50. The minimum absolute atomic E-state index is 0.250. The van der Waals surface area contributed by atoms with Crippen molar-refractivity contribution in [2.45, 2.75) is 18.9 Å². The Kier molecular flexibility index (Phi) is 4.25. The molecule has 2 atom stereocenters. The van der Waals surface area contributed by atoms with Crippen molar-refractivity contribution < 1.29 is 9.84 Å². The smallest absolute Gasteiger partial charge is 0.0632 e. The Morgan fingerprint density at radius 1 is 1.56 bits per heavy atom. The normalized spacial score (nSPS) is 22.3. The van der Waals surface area contributed by atoms with Gasteiger partial charge in [0.15, 0.2) is 0 Å². The highest BCUT2D eigenvalue weighted by atomic mass is 79.9. The second-order valence-corrected chi connectivity index (χ2v) is 5.45. The summed E-state index contributed by atoms with van der Waals surface area (Å²) in [5, 5.41) is 10.7. The van der Waals surface area contributed by atoms with Crippen LogP contribution in [0.15, 0.2) is 22.7 Å². The number of aliphatic hydroxyl groups excluding tert-OH is 1. The number of hydrogen-bond donors (Lipinski definition) is 1. The predicted molar refractivity (Wildman–Crippen MR) is 67.8 cm³/mol. The molecule has 2 unspecified atom stereocenters. The number of benzene rings is 1. The van der Waals surface area contributed by atoms with Crippen molar-refractivity contribution in [3.8, 4) is 0 Å². The second-order valence-electron chi connectivity index (χ2n) is 4.13. The van der Waals surface area contributed by atoms with Crippen LogP contribution < -0.4 is 0 Å². The molecule has 1 N–H and O–H groups in total. The van der Waals surface area contributed by atoms with E-state index in [4.69, 9.17) is 16.3 Å². The molecule has 1 heterocycles. The van der Waals surface area contributed by atoms with Crippen LogP contribution in [0.1, 0.15) is 12.0 Å². The SMILES string of the molecule is OC(Cc1ccc(Br)cc1Cl)C1CCOC1. The van der Waals surface area contributed by atoms with Crippen LogP contribution in [0.3, 0.4) is 0 Å². The van der Waals surface area contributed by atoms with Crippen LogP contribution >= 0.6 is 27.5 Å². The molecule has 0 radical (unpaired) electrons. The summed E-state index contributed by atoms with van der Waals surface area (Å²) in [6, 6.07) is 5.75. The molecule has 0 aliphatic carbocycles. The van der Waals surface area contributed by atoms with Gasteiger partial charge in [0.05, 0.1) is 12.7 Å². The molecule has 2 rings (SSSR count). The van der Waals surface area contributed by atoms with Crippen molar-refractivity contribution in [2.24, 2.45) is 5.92 Å². The third-order valence-corrected chi connectivity index (χ3v) is 3.80. The molecule has 1 fully saturated rings. The molecule has 16 heavy (non-hydrogen) atoms. The standard InChI is InChI=1S/C12H14BrClO2/c13-10-2-1-8(11(14)6-10)5-12(15)9-3-4-16-7-9/h1-2,6,9,12,15H,3-5,7H2. The van der Waals surface area contributed by atoms with Gasteiger partial charge in [-0.3, -0.25) is 0 Å². The Hall–Kier alpha value is -0.0900. The molecule has 0 saturated carbocycles. The van der Waals surface area contributed by atoms with Gasteiger partial charge in [0, 0.05) is 28.4 Å². The molecule has 2 nitrogen and oxygen atoms in total. The fourth-order valence-corrected chi connectivity index (χ4v) is 2.69. The minimum Gasteiger partial charge on any atom is -0.392 e. The van der Waals surface area contributed by atoms with Gasteiger partial charge in [-0.15, -0.1) is 0 Å². The fraction of sp³-hybridized carbons (Fsp3) is 0.500. The molecule has 1 aromatic carbocycles. The lowest BCUT2D eigenvalue weighted by atomic mass is 9.95. The lowest BCUT2D eigenvalue weighted by molar-refractivity contribution is 0.0919. The van der Waals surface area contributed by atoms with Gasteiger partial charge in [0.2, 0.25) is 0 Å². The molecule has 0 aromatic heterocycles. The molecule has 1 aromatic rings. The van der Waals surface area contributed by atoms with Crippen LogP contribution in [0.5, 0.6) is 0 Å². The third kappa shape index (κ3) is 2.98. The highest BCUT2D eigenvalue weighted by Gasteiger charge is 2.24. The van der Waals surface area contributed by atoms with Gasteiger partial charge in [-0.05, 0) is 24.1 Å². The maximum Gasteiger partial charge on any atom is 0.0632 e. The van der Waals surface area contributed by atoms with E-state index in [-0.39, 0.29) is 12.0 Å². The van der Waals surface area contributed by atoms with E-state index in [0.29, 0.717) is 18.1 Å². The summed E-state index contributed by atoms with van der Waals surface area (Å²) in [6.07, 6.45) is 1.18. The van der Waals surface area contributed by atoms with Crippen molar-refractivity contribution in [1.29, 1.82) is 0 Å². The summed E-state index contributed by atoms with van der Waals surface area (Å²) < 4.78 is 6.22. The Morgan fingerprint density at radius 3 is 3.00 bits per heavy atom. The topological polar surface area (TPSA) is 29.5 Å². The van der Waals surface area contributed by atoms with Crippen molar-refractivity contribution in [3.63, 3.8) is 0 Å². The minimum atomic E-state index is -0.360.